The standard InChI is InChI=1S/C24H28F3N5O/c1-18-6-4-7-19(16-18)31-14-12-30(13-15-31)11-5-10-28-22(33)17-32-21-9-3-2-8-20(21)29-23(32)24(25,26)27/h2-4,6-9,16H,5,10-15,17H2,1H3,(H,28,33). The van der Waals surface area contributed by atoms with Crippen LogP contribution in [0.4, 0.5) is 18.9 Å². The van der Waals surface area contributed by atoms with Gasteiger partial charge in [0.1, 0.15) is 6.54 Å². The van der Waals surface area contributed by atoms with E-state index in [4.69, 9.17) is 0 Å². The van der Waals surface area contributed by atoms with Gasteiger partial charge in [-0.15, -0.1) is 0 Å². The smallest absolute Gasteiger partial charge is 0.369 e. The lowest BCUT2D eigenvalue weighted by molar-refractivity contribution is -0.147. The van der Waals surface area contributed by atoms with Gasteiger partial charge in [0, 0.05) is 38.4 Å². The van der Waals surface area contributed by atoms with E-state index in [1.54, 1.807) is 18.2 Å². The van der Waals surface area contributed by atoms with Crippen LogP contribution in [0.25, 0.3) is 11.0 Å². The van der Waals surface area contributed by atoms with Gasteiger partial charge in [-0.3, -0.25) is 9.69 Å². The Morgan fingerprint density at radius 2 is 1.82 bits per heavy atom. The Balaban J connectivity index is 1.23. The number of alkyl halides is 3. The Kier molecular flexibility index (Phi) is 6.88. The summed E-state index contributed by atoms with van der Waals surface area (Å²) in [5, 5.41) is 2.75. The number of carbonyl (C=O) groups excluding carboxylic acids is 1. The number of hydrogen-bond donors (Lipinski definition) is 1. The monoisotopic (exact) mass is 459 g/mol. The molecule has 33 heavy (non-hydrogen) atoms. The second-order valence-electron chi connectivity index (χ2n) is 8.38. The third-order valence-corrected chi connectivity index (χ3v) is 5.92. The maximum atomic E-state index is 13.4. The van der Waals surface area contributed by atoms with Crippen LogP contribution < -0.4 is 10.2 Å². The molecule has 0 atom stereocenters. The van der Waals surface area contributed by atoms with Gasteiger partial charge in [0.2, 0.25) is 11.7 Å². The van der Waals surface area contributed by atoms with E-state index in [0.29, 0.717) is 12.1 Å². The summed E-state index contributed by atoms with van der Waals surface area (Å²) < 4.78 is 41.1. The molecule has 1 amide bonds. The van der Waals surface area contributed by atoms with Crippen molar-refractivity contribution in [1.82, 2.24) is 19.8 Å². The lowest BCUT2D eigenvalue weighted by atomic mass is 10.2. The first kappa shape index (κ1) is 23.1. The number of nitrogens with zero attached hydrogens (tertiary/aromatic N) is 4. The highest BCUT2D eigenvalue weighted by molar-refractivity contribution is 5.81. The fraction of sp³-hybridized carbons (Fsp3) is 0.417. The van der Waals surface area contributed by atoms with Crippen LogP contribution in [0.1, 0.15) is 17.8 Å². The van der Waals surface area contributed by atoms with Gasteiger partial charge >= 0.3 is 6.18 Å². The van der Waals surface area contributed by atoms with Gasteiger partial charge in [-0.05, 0) is 49.7 Å². The zero-order chi connectivity index (χ0) is 23.4. The predicted molar refractivity (Wildman–Crippen MR) is 122 cm³/mol. The molecule has 6 nitrogen and oxygen atoms in total. The summed E-state index contributed by atoms with van der Waals surface area (Å²) in [6.45, 7) is 6.72. The molecule has 1 N–H and O–H groups in total. The van der Waals surface area contributed by atoms with Crippen LogP contribution >= 0.6 is 0 Å². The largest absolute Gasteiger partial charge is 0.449 e. The van der Waals surface area contributed by atoms with Crippen molar-refractivity contribution >= 4 is 22.6 Å². The highest BCUT2D eigenvalue weighted by Gasteiger charge is 2.38. The molecule has 2 aromatic carbocycles. The quantitative estimate of drug-likeness (QED) is 0.548. The number of nitrogens with one attached hydrogen (secondary N) is 1. The predicted octanol–water partition coefficient (Wildman–Crippen LogP) is 3.69. The van der Waals surface area contributed by atoms with Gasteiger partial charge in [-0.2, -0.15) is 13.2 Å². The molecule has 176 valence electrons. The van der Waals surface area contributed by atoms with E-state index in [9.17, 15) is 18.0 Å². The second-order valence-corrected chi connectivity index (χ2v) is 8.38. The average molecular weight is 460 g/mol. The fourth-order valence-corrected chi connectivity index (χ4v) is 4.24. The number of piperazine rings is 1. The average Bonchev–Trinajstić information content (AvgIpc) is 3.16. The van der Waals surface area contributed by atoms with Crippen LogP contribution in [0.15, 0.2) is 48.5 Å². The molecular formula is C24H28F3N5O. The molecule has 0 radical (unpaired) electrons. The molecule has 1 fully saturated rings. The van der Waals surface area contributed by atoms with Crippen molar-refractivity contribution in [1.29, 1.82) is 0 Å². The van der Waals surface area contributed by atoms with Crippen LogP contribution in [0, 0.1) is 6.92 Å². The van der Waals surface area contributed by atoms with E-state index >= 15 is 0 Å². The number of carbonyl (C=O) groups is 1. The molecule has 0 bridgehead atoms. The third kappa shape index (κ3) is 5.65. The van der Waals surface area contributed by atoms with E-state index in [-0.39, 0.29) is 5.52 Å². The Morgan fingerprint density at radius 1 is 1.06 bits per heavy atom. The van der Waals surface area contributed by atoms with E-state index in [2.05, 4.69) is 51.3 Å². The zero-order valence-corrected chi connectivity index (χ0v) is 18.6. The minimum absolute atomic E-state index is 0.224. The summed E-state index contributed by atoms with van der Waals surface area (Å²) in [5.74, 6) is -1.50. The topological polar surface area (TPSA) is 53.4 Å². The van der Waals surface area contributed by atoms with E-state index in [0.717, 1.165) is 43.7 Å². The number of aryl methyl sites for hydroxylation is 1. The third-order valence-electron chi connectivity index (χ3n) is 5.92. The molecule has 1 saturated heterocycles. The van der Waals surface area contributed by atoms with Crippen LogP contribution in [-0.2, 0) is 17.5 Å². The number of amides is 1. The summed E-state index contributed by atoms with van der Waals surface area (Å²) in [7, 11) is 0. The number of halogens is 3. The van der Waals surface area contributed by atoms with Crippen molar-refractivity contribution < 1.29 is 18.0 Å². The number of rotatable bonds is 7. The normalized spacial score (nSPS) is 15.2. The number of benzene rings is 2. The number of para-hydroxylation sites is 2. The molecule has 3 aromatic rings. The molecule has 0 unspecified atom stereocenters. The minimum atomic E-state index is -4.63. The first-order chi connectivity index (χ1) is 15.8. The number of fused-ring (bicyclic) bond motifs is 1. The van der Waals surface area contributed by atoms with E-state index in [1.165, 1.54) is 17.3 Å². The van der Waals surface area contributed by atoms with Gasteiger partial charge in [0.15, 0.2) is 0 Å². The minimum Gasteiger partial charge on any atom is -0.369 e. The molecule has 0 saturated carbocycles. The van der Waals surface area contributed by atoms with Crippen molar-refractivity contribution in [2.45, 2.75) is 26.1 Å². The van der Waals surface area contributed by atoms with Crippen LogP contribution in [0.2, 0.25) is 0 Å². The summed E-state index contributed by atoms with van der Waals surface area (Å²) >= 11 is 0. The van der Waals surface area contributed by atoms with Crippen molar-refractivity contribution in [3.05, 3.63) is 59.9 Å². The lowest BCUT2D eigenvalue weighted by Crippen LogP contribution is -2.47. The summed E-state index contributed by atoms with van der Waals surface area (Å²) in [6.07, 6.45) is -3.88. The summed E-state index contributed by atoms with van der Waals surface area (Å²) in [5.41, 5.74) is 3.01. The van der Waals surface area contributed by atoms with Gasteiger partial charge < -0.3 is 14.8 Å². The second kappa shape index (κ2) is 9.82. The van der Waals surface area contributed by atoms with Crippen LogP contribution in [0.5, 0.6) is 0 Å². The summed E-state index contributed by atoms with van der Waals surface area (Å²) in [6, 6.07) is 14.8. The first-order valence-corrected chi connectivity index (χ1v) is 11.1. The SMILES string of the molecule is Cc1cccc(N2CCN(CCCNC(=O)Cn3c(C(F)(F)F)nc4ccccc43)CC2)c1. The highest BCUT2D eigenvalue weighted by Crippen LogP contribution is 2.31. The van der Waals surface area contributed by atoms with E-state index < -0.39 is 24.5 Å². The van der Waals surface area contributed by atoms with Gasteiger partial charge in [0.05, 0.1) is 11.0 Å². The van der Waals surface area contributed by atoms with Crippen molar-refractivity contribution in [2.75, 3.05) is 44.2 Å². The maximum absolute atomic E-state index is 13.4. The number of anilines is 1. The highest BCUT2D eigenvalue weighted by atomic mass is 19.4. The van der Waals surface area contributed by atoms with Gasteiger partial charge in [-0.25, -0.2) is 4.98 Å². The van der Waals surface area contributed by atoms with Crippen molar-refractivity contribution in [3.8, 4) is 0 Å². The van der Waals surface area contributed by atoms with Crippen molar-refractivity contribution in [2.24, 2.45) is 0 Å². The Morgan fingerprint density at radius 3 is 2.55 bits per heavy atom. The van der Waals surface area contributed by atoms with Gasteiger partial charge in [-0.1, -0.05) is 24.3 Å². The molecule has 9 heteroatoms. The van der Waals surface area contributed by atoms with Crippen LogP contribution in [0.3, 0.4) is 0 Å². The van der Waals surface area contributed by atoms with Gasteiger partial charge in [0.25, 0.3) is 0 Å². The Labute approximate surface area is 191 Å². The molecule has 1 aliphatic rings. The maximum Gasteiger partial charge on any atom is 0.449 e. The fourth-order valence-electron chi connectivity index (χ4n) is 4.24. The molecule has 1 aliphatic heterocycles. The molecule has 0 spiro atoms. The number of imidazole rings is 1. The summed E-state index contributed by atoms with van der Waals surface area (Å²) in [4.78, 5) is 20.8. The number of hydrogen-bond acceptors (Lipinski definition) is 4. The van der Waals surface area contributed by atoms with Crippen LogP contribution in [-0.4, -0.2) is 59.6 Å². The molecule has 4 rings (SSSR count). The Bertz CT molecular complexity index is 1100. The first-order valence-electron chi connectivity index (χ1n) is 11.1. The van der Waals surface area contributed by atoms with Crippen molar-refractivity contribution in [3.63, 3.8) is 0 Å². The molecule has 1 aromatic heterocycles. The Hall–Kier alpha value is -3.07. The lowest BCUT2D eigenvalue weighted by Gasteiger charge is -2.36. The molecule has 2 heterocycles. The number of aromatic nitrogens is 2. The zero-order valence-electron chi connectivity index (χ0n) is 18.6. The van der Waals surface area contributed by atoms with E-state index in [1.807, 2.05) is 0 Å². The molecule has 0 aliphatic carbocycles. The molecular weight excluding hydrogens is 431 g/mol.